The Morgan fingerprint density at radius 1 is 1.00 bits per heavy atom. The van der Waals surface area contributed by atoms with E-state index in [1.807, 2.05) is 30.3 Å². The molecule has 35 heavy (non-hydrogen) atoms. The van der Waals surface area contributed by atoms with E-state index in [2.05, 4.69) is 5.32 Å². The van der Waals surface area contributed by atoms with Gasteiger partial charge in [0, 0.05) is 38.7 Å². The number of fused-ring (bicyclic) bond motifs is 1. The summed E-state index contributed by atoms with van der Waals surface area (Å²) in [5.41, 5.74) is 0.720. The molecule has 1 unspecified atom stereocenters. The number of rotatable bonds is 6. The van der Waals surface area contributed by atoms with Crippen molar-refractivity contribution in [2.24, 2.45) is 5.92 Å². The largest absolute Gasteiger partial charge is 0.486 e. The maximum atomic E-state index is 13.3. The molecule has 188 valence electrons. The van der Waals surface area contributed by atoms with Crippen molar-refractivity contribution in [2.45, 2.75) is 49.1 Å². The smallest absolute Gasteiger partial charge is 0.243 e. The van der Waals surface area contributed by atoms with Crippen LogP contribution in [-0.4, -0.2) is 57.1 Å². The number of nitrogens with one attached hydrogen (secondary N) is 1. The van der Waals surface area contributed by atoms with Crippen molar-refractivity contribution >= 4 is 15.9 Å². The monoisotopic (exact) mass is 500 g/mol. The van der Waals surface area contributed by atoms with Crippen LogP contribution in [0.2, 0.25) is 0 Å². The first-order chi connectivity index (χ1) is 16.9. The van der Waals surface area contributed by atoms with E-state index in [-0.39, 0.29) is 22.3 Å². The van der Waals surface area contributed by atoms with Gasteiger partial charge < -0.3 is 19.5 Å². The topological polar surface area (TPSA) is 94.2 Å². The Morgan fingerprint density at radius 3 is 2.51 bits per heavy atom. The zero-order chi connectivity index (χ0) is 24.3. The van der Waals surface area contributed by atoms with Crippen LogP contribution in [0.1, 0.15) is 37.7 Å². The Hall–Kier alpha value is -2.62. The lowest BCUT2D eigenvalue weighted by atomic mass is 9.78. The molecule has 5 rings (SSSR count). The fraction of sp³-hybridized carbons (Fsp3) is 0.500. The van der Waals surface area contributed by atoms with E-state index in [1.54, 1.807) is 18.2 Å². The number of benzene rings is 2. The third-order valence-electron chi connectivity index (χ3n) is 7.19. The molecule has 1 spiro atoms. The first-order valence-corrected chi connectivity index (χ1v) is 13.7. The summed E-state index contributed by atoms with van der Waals surface area (Å²) in [7, 11) is -3.64. The van der Waals surface area contributed by atoms with Gasteiger partial charge in [-0.05, 0) is 49.3 Å². The highest BCUT2D eigenvalue weighted by Gasteiger charge is 2.43. The van der Waals surface area contributed by atoms with E-state index in [0.717, 1.165) is 18.4 Å². The van der Waals surface area contributed by atoms with E-state index < -0.39 is 10.0 Å². The van der Waals surface area contributed by atoms with Gasteiger partial charge in [0.05, 0.1) is 10.5 Å². The number of carbonyl (C=O) groups excluding carboxylic acids is 1. The second-order valence-corrected chi connectivity index (χ2v) is 11.5. The molecular weight excluding hydrogens is 468 g/mol. The van der Waals surface area contributed by atoms with Gasteiger partial charge in [-0.15, -0.1) is 0 Å². The number of nitrogens with zero attached hydrogens (tertiary/aromatic N) is 1. The Bertz CT molecular complexity index is 1150. The zero-order valence-electron chi connectivity index (χ0n) is 19.8. The summed E-state index contributed by atoms with van der Waals surface area (Å²) in [6.07, 6.45) is 3.35. The molecule has 0 aliphatic carbocycles. The van der Waals surface area contributed by atoms with Gasteiger partial charge in [0.1, 0.15) is 13.2 Å². The Morgan fingerprint density at radius 2 is 1.74 bits per heavy atom. The average molecular weight is 501 g/mol. The van der Waals surface area contributed by atoms with Crippen molar-refractivity contribution in [1.29, 1.82) is 0 Å². The SMILES string of the molecule is O=C(CC1CCOC2(CCN(S(=O)(=O)c3ccc4c(c3)OCCO4)CC2)C1)NCc1ccccc1. The summed E-state index contributed by atoms with van der Waals surface area (Å²) < 4.78 is 45.4. The Labute approximate surface area is 206 Å². The summed E-state index contributed by atoms with van der Waals surface area (Å²) in [6.45, 7) is 2.79. The average Bonchev–Trinajstić information content (AvgIpc) is 2.88. The molecule has 1 N–H and O–H groups in total. The highest BCUT2D eigenvalue weighted by Crippen LogP contribution is 2.40. The Kier molecular flexibility index (Phi) is 7.00. The fourth-order valence-corrected chi connectivity index (χ4v) is 6.71. The number of hydrogen-bond acceptors (Lipinski definition) is 6. The number of amides is 1. The maximum absolute atomic E-state index is 13.3. The quantitative estimate of drug-likeness (QED) is 0.655. The van der Waals surface area contributed by atoms with Crippen LogP contribution in [-0.2, 0) is 26.1 Å². The normalized spacial score (nSPS) is 22.0. The van der Waals surface area contributed by atoms with E-state index in [1.165, 1.54) is 4.31 Å². The maximum Gasteiger partial charge on any atom is 0.243 e. The van der Waals surface area contributed by atoms with Crippen molar-refractivity contribution in [3.8, 4) is 11.5 Å². The minimum atomic E-state index is -3.64. The van der Waals surface area contributed by atoms with Crippen LogP contribution < -0.4 is 14.8 Å². The van der Waals surface area contributed by atoms with E-state index in [4.69, 9.17) is 14.2 Å². The van der Waals surface area contributed by atoms with Gasteiger partial charge >= 0.3 is 0 Å². The fourth-order valence-electron chi connectivity index (χ4n) is 5.25. The van der Waals surface area contributed by atoms with Crippen molar-refractivity contribution in [3.63, 3.8) is 0 Å². The molecule has 3 aliphatic rings. The van der Waals surface area contributed by atoms with Crippen LogP contribution >= 0.6 is 0 Å². The van der Waals surface area contributed by atoms with Gasteiger partial charge in [0.25, 0.3) is 0 Å². The third kappa shape index (κ3) is 5.47. The molecule has 9 heteroatoms. The van der Waals surface area contributed by atoms with Crippen LogP contribution in [0.5, 0.6) is 11.5 Å². The van der Waals surface area contributed by atoms with Gasteiger partial charge in [-0.25, -0.2) is 8.42 Å². The minimum absolute atomic E-state index is 0.0505. The number of ether oxygens (including phenoxy) is 3. The third-order valence-corrected chi connectivity index (χ3v) is 9.08. The molecule has 1 atom stereocenters. The lowest BCUT2D eigenvalue weighted by molar-refractivity contribution is -0.132. The van der Waals surface area contributed by atoms with Crippen molar-refractivity contribution in [3.05, 3.63) is 54.1 Å². The van der Waals surface area contributed by atoms with Crippen LogP contribution in [0.25, 0.3) is 0 Å². The molecule has 1 amide bonds. The molecule has 0 bridgehead atoms. The van der Waals surface area contributed by atoms with Gasteiger partial charge in [-0.2, -0.15) is 4.31 Å². The summed E-state index contributed by atoms with van der Waals surface area (Å²) in [5.74, 6) is 1.33. The molecule has 2 fully saturated rings. The molecule has 0 radical (unpaired) electrons. The predicted molar refractivity (Wildman–Crippen MR) is 130 cm³/mol. The highest BCUT2D eigenvalue weighted by molar-refractivity contribution is 7.89. The molecule has 3 heterocycles. The summed E-state index contributed by atoms with van der Waals surface area (Å²) in [5, 5.41) is 3.02. The Balaban J connectivity index is 1.16. The number of piperidine rings is 1. The molecule has 2 saturated heterocycles. The van der Waals surface area contributed by atoms with Gasteiger partial charge in [-0.1, -0.05) is 30.3 Å². The van der Waals surface area contributed by atoms with Crippen LogP contribution in [0, 0.1) is 5.92 Å². The van der Waals surface area contributed by atoms with Crippen molar-refractivity contribution in [1.82, 2.24) is 9.62 Å². The second-order valence-electron chi connectivity index (χ2n) is 9.57. The summed E-state index contributed by atoms with van der Waals surface area (Å²) in [6, 6.07) is 14.7. The van der Waals surface area contributed by atoms with E-state index in [9.17, 15) is 13.2 Å². The van der Waals surface area contributed by atoms with Crippen LogP contribution in [0.4, 0.5) is 0 Å². The van der Waals surface area contributed by atoms with Gasteiger partial charge in [0.15, 0.2) is 11.5 Å². The zero-order valence-corrected chi connectivity index (χ0v) is 20.6. The van der Waals surface area contributed by atoms with E-state index in [0.29, 0.717) is 70.2 Å². The second kappa shape index (κ2) is 10.2. The van der Waals surface area contributed by atoms with Crippen molar-refractivity contribution in [2.75, 3.05) is 32.9 Å². The summed E-state index contributed by atoms with van der Waals surface area (Å²) >= 11 is 0. The minimum Gasteiger partial charge on any atom is -0.486 e. The first-order valence-electron chi connectivity index (χ1n) is 12.3. The molecule has 2 aromatic carbocycles. The first kappa shape index (κ1) is 24.1. The standard InChI is InChI=1S/C26H32N2O6S/c29-25(27-19-20-4-2-1-3-5-20)16-21-8-13-34-26(18-21)9-11-28(12-10-26)35(30,31)22-6-7-23-24(17-22)33-15-14-32-23/h1-7,17,21H,8-16,18-19H2,(H,27,29). The summed E-state index contributed by atoms with van der Waals surface area (Å²) in [4.78, 5) is 12.8. The van der Waals surface area contributed by atoms with Gasteiger partial charge in [-0.3, -0.25) is 4.79 Å². The van der Waals surface area contributed by atoms with E-state index >= 15 is 0 Å². The molecule has 3 aliphatic heterocycles. The number of hydrogen-bond donors (Lipinski definition) is 1. The molecule has 0 aromatic heterocycles. The van der Waals surface area contributed by atoms with Gasteiger partial charge in [0.2, 0.25) is 15.9 Å². The van der Waals surface area contributed by atoms with Crippen molar-refractivity contribution < 1.29 is 27.4 Å². The predicted octanol–water partition coefficient (Wildman–Crippen LogP) is 3.11. The highest BCUT2D eigenvalue weighted by atomic mass is 32.2. The lowest BCUT2D eigenvalue weighted by Gasteiger charge is -2.45. The number of sulfonamides is 1. The lowest BCUT2D eigenvalue weighted by Crippen LogP contribution is -2.51. The molecule has 0 saturated carbocycles. The number of carbonyl (C=O) groups is 1. The molecular formula is C26H32N2O6S. The van der Waals surface area contributed by atoms with Crippen LogP contribution in [0.3, 0.4) is 0 Å². The molecule has 8 nitrogen and oxygen atoms in total. The van der Waals surface area contributed by atoms with Crippen LogP contribution in [0.15, 0.2) is 53.4 Å². The molecule has 2 aromatic rings.